The molecule has 0 saturated heterocycles. The minimum Gasteiger partial charge on any atom is -0.321 e. The molecule has 0 atom stereocenters. The van der Waals surface area contributed by atoms with Gasteiger partial charge in [-0.25, -0.2) is 0 Å². The lowest BCUT2D eigenvalue weighted by Crippen LogP contribution is -2.30. The van der Waals surface area contributed by atoms with Crippen molar-refractivity contribution in [2.24, 2.45) is 0 Å². The van der Waals surface area contributed by atoms with E-state index < -0.39 is 11.8 Å². The van der Waals surface area contributed by atoms with Crippen molar-refractivity contribution < 1.29 is 9.59 Å². The molecule has 3 aromatic rings. The Morgan fingerprint density at radius 3 is 2.29 bits per heavy atom. The van der Waals surface area contributed by atoms with Gasteiger partial charge in [0, 0.05) is 16.3 Å². The average molecular weight is 391 g/mol. The van der Waals surface area contributed by atoms with Gasteiger partial charge in [0.15, 0.2) is 0 Å². The van der Waals surface area contributed by atoms with Crippen LogP contribution in [0, 0.1) is 6.92 Å². The molecule has 3 rings (SSSR count). The van der Waals surface area contributed by atoms with Crippen LogP contribution in [-0.2, 0) is 4.79 Å². The number of aryl methyl sites for hydroxylation is 1. The van der Waals surface area contributed by atoms with Gasteiger partial charge in [-0.3, -0.25) is 9.59 Å². The summed E-state index contributed by atoms with van der Waals surface area (Å²) in [5, 5.41) is 5.95. The predicted molar refractivity (Wildman–Crippen MR) is 113 cm³/mol. The highest BCUT2D eigenvalue weighted by Gasteiger charge is 2.15. The third-order valence-corrected chi connectivity index (χ3v) is 4.23. The molecule has 5 heteroatoms. The topological polar surface area (TPSA) is 58.2 Å². The maximum atomic E-state index is 12.8. The van der Waals surface area contributed by atoms with Crippen LogP contribution in [0.3, 0.4) is 0 Å². The molecule has 0 unspecified atom stereocenters. The predicted octanol–water partition coefficient (Wildman–Crippen LogP) is 5.06. The smallest absolute Gasteiger partial charge is 0.272 e. The van der Waals surface area contributed by atoms with Crippen molar-refractivity contribution in [3.63, 3.8) is 0 Å². The zero-order valence-corrected chi connectivity index (χ0v) is 16.0. The van der Waals surface area contributed by atoms with Crippen LogP contribution in [0.25, 0.3) is 6.08 Å². The number of nitrogens with one attached hydrogen (secondary N) is 2. The van der Waals surface area contributed by atoms with Gasteiger partial charge in [0.25, 0.3) is 11.8 Å². The Hall–Kier alpha value is -3.37. The summed E-state index contributed by atoms with van der Waals surface area (Å²) in [7, 11) is 0. The number of rotatable bonds is 5. The highest BCUT2D eigenvalue weighted by atomic mass is 35.5. The second kappa shape index (κ2) is 9.02. The zero-order chi connectivity index (χ0) is 19.9. The average Bonchev–Trinajstić information content (AvgIpc) is 2.70. The lowest BCUT2D eigenvalue weighted by Gasteiger charge is -2.12. The van der Waals surface area contributed by atoms with Crippen LogP contribution in [0.1, 0.15) is 21.5 Å². The molecule has 0 spiro atoms. The van der Waals surface area contributed by atoms with Gasteiger partial charge in [-0.15, -0.1) is 0 Å². The van der Waals surface area contributed by atoms with Gasteiger partial charge in [0.05, 0.1) is 0 Å². The molecule has 0 radical (unpaired) electrons. The molecule has 0 aliphatic carbocycles. The van der Waals surface area contributed by atoms with E-state index in [0.29, 0.717) is 16.3 Å². The first-order valence-corrected chi connectivity index (χ1v) is 9.11. The normalized spacial score (nSPS) is 11.0. The molecule has 0 heterocycles. The van der Waals surface area contributed by atoms with Crippen LogP contribution in [0.2, 0.25) is 5.02 Å². The second-order valence-corrected chi connectivity index (χ2v) is 6.69. The van der Waals surface area contributed by atoms with Gasteiger partial charge in [-0.05, 0) is 48.9 Å². The first-order chi connectivity index (χ1) is 13.5. The fourth-order valence-electron chi connectivity index (χ4n) is 2.53. The van der Waals surface area contributed by atoms with Gasteiger partial charge in [-0.1, -0.05) is 65.7 Å². The van der Waals surface area contributed by atoms with Gasteiger partial charge in [-0.2, -0.15) is 0 Å². The lowest BCUT2D eigenvalue weighted by molar-refractivity contribution is -0.113. The van der Waals surface area contributed by atoms with Crippen LogP contribution in [0.5, 0.6) is 0 Å². The summed E-state index contributed by atoms with van der Waals surface area (Å²) in [6, 6.07) is 23.3. The van der Waals surface area contributed by atoms with Gasteiger partial charge in [0.1, 0.15) is 5.70 Å². The maximum absolute atomic E-state index is 12.8. The summed E-state index contributed by atoms with van der Waals surface area (Å²) < 4.78 is 0. The first-order valence-electron chi connectivity index (χ1n) is 8.73. The molecule has 0 fully saturated rings. The summed E-state index contributed by atoms with van der Waals surface area (Å²) in [6.45, 7) is 1.97. The Kier molecular flexibility index (Phi) is 6.25. The van der Waals surface area contributed by atoms with E-state index in [1.54, 1.807) is 30.3 Å². The van der Waals surface area contributed by atoms with Crippen LogP contribution >= 0.6 is 11.6 Å². The third kappa shape index (κ3) is 5.32. The summed E-state index contributed by atoms with van der Waals surface area (Å²) in [5.41, 5.74) is 3.04. The quantitative estimate of drug-likeness (QED) is 0.598. The highest BCUT2D eigenvalue weighted by Crippen LogP contribution is 2.14. The van der Waals surface area contributed by atoms with Crippen molar-refractivity contribution in [3.8, 4) is 0 Å². The summed E-state index contributed by atoms with van der Waals surface area (Å²) >= 11 is 5.96. The van der Waals surface area contributed by atoms with Crippen molar-refractivity contribution in [3.05, 3.63) is 106 Å². The molecule has 0 bridgehead atoms. The Labute approximate surface area is 168 Å². The summed E-state index contributed by atoms with van der Waals surface area (Å²) in [6.07, 6.45) is 1.63. The molecule has 0 aromatic heterocycles. The molecule has 3 aromatic carbocycles. The molecule has 28 heavy (non-hydrogen) atoms. The van der Waals surface area contributed by atoms with Crippen molar-refractivity contribution >= 4 is 35.2 Å². The monoisotopic (exact) mass is 390 g/mol. The summed E-state index contributed by atoms with van der Waals surface area (Å²) in [4.78, 5) is 25.4. The molecular formula is C23H19ClN2O2. The molecule has 140 valence electrons. The van der Waals surface area contributed by atoms with Crippen molar-refractivity contribution in [2.45, 2.75) is 6.92 Å². The molecule has 0 aliphatic heterocycles. The standard InChI is InChI=1S/C23H19ClN2O2/c1-16-10-12-20(13-11-16)25-23(28)21(14-17-6-3-2-4-7-17)26-22(27)18-8-5-9-19(24)15-18/h2-15H,1H3,(H,25,28)(H,26,27). The fourth-order valence-corrected chi connectivity index (χ4v) is 2.72. The van der Waals surface area contributed by atoms with Crippen LogP contribution in [-0.4, -0.2) is 11.8 Å². The molecule has 2 amide bonds. The number of carbonyl (C=O) groups excluding carboxylic acids is 2. The van der Waals surface area contributed by atoms with E-state index in [-0.39, 0.29) is 5.70 Å². The number of hydrogen-bond donors (Lipinski definition) is 2. The number of amides is 2. The number of benzene rings is 3. The minimum atomic E-state index is -0.414. The SMILES string of the molecule is Cc1ccc(NC(=O)C(=Cc2ccccc2)NC(=O)c2cccc(Cl)c2)cc1. The number of halogens is 1. The van der Waals surface area contributed by atoms with E-state index in [1.165, 1.54) is 0 Å². The van der Waals surface area contributed by atoms with Crippen LogP contribution < -0.4 is 10.6 Å². The third-order valence-electron chi connectivity index (χ3n) is 4.00. The minimum absolute atomic E-state index is 0.136. The van der Waals surface area contributed by atoms with Gasteiger partial charge < -0.3 is 10.6 Å². The summed E-state index contributed by atoms with van der Waals surface area (Å²) in [5.74, 6) is -0.827. The van der Waals surface area contributed by atoms with E-state index in [4.69, 9.17) is 11.6 Å². The van der Waals surface area contributed by atoms with E-state index in [0.717, 1.165) is 11.1 Å². The van der Waals surface area contributed by atoms with Gasteiger partial charge >= 0.3 is 0 Å². The number of carbonyl (C=O) groups is 2. The Bertz CT molecular complexity index is 1010. The first kappa shape index (κ1) is 19.4. The molecule has 4 nitrogen and oxygen atoms in total. The highest BCUT2D eigenvalue weighted by molar-refractivity contribution is 6.31. The van der Waals surface area contributed by atoms with Crippen molar-refractivity contribution in [1.82, 2.24) is 5.32 Å². The molecule has 0 saturated carbocycles. The fraction of sp³-hybridized carbons (Fsp3) is 0.0435. The largest absolute Gasteiger partial charge is 0.321 e. The lowest BCUT2D eigenvalue weighted by atomic mass is 10.1. The van der Waals surface area contributed by atoms with E-state index in [9.17, 15) is 9.59 Å². The van der Waals surface area contributed by atoms with Crippen molar-refractivity contribution in [2.75, 3.05) is 5.32 Å². The van der Waals surface area contributed by atoms with E-state index in [1.807, 2.05) is 61.5 Å². The van der Waals surface area contributed by atoms with Crippen LogP contribution in [0.15, 0.2) is 84.6 Å². The Balaban J connectivity index is 1.86. The second-order valence-electron chi connectivity index (χ2n) is 6.25. The zero-order valence-electron chi connectivity index (χ0n) is 15.3. The van der Waals surface area contributed by atoms with Crippen molar-refractivity contribution in [1.29, 1.82) is 0 Å². The van der Waals surface area contributed by atoms with E-state index >= 15 is 0 Å². The van der Waals surface area contributed by atoms with Gasteiger partial charge in [0.2, 0.25) is 0 Å². The number of anilines is 1. The van der Waals surface area contributed by atoms with Crippen LogP contribution in [0.4, 0.5) is 5.69 Å². The molecule has 0 aliphatic rings. The Morgan fingerprint density at radius 2 is 1.61 bits per heavy atom. The molecular weight excluding hydrogens is 372 g/mol. The maximum Gasteiger partial charge on any atom is 0.272 e. The molecule has 2 N–H and O–H groups in total. The Morgan fingerprint density at radius 1 is 0.893 bits per heavy atom. The van der Waals surface area contributed by atoms with E-state index in [2.05, 4.69) is 10.6 Å². The number of hydrogen-bond acceptors (Lipinski definition) is 2.